The summed E-state index contributed by atoms with van der Waals surface area (Å²) in [6.45, 7) is 13.8. The number of benzene rings is 12. The van der Waals surface area contributed by atoms with Gasteiger partial charge < -0.3 is 9.80 Å². The summed E-state index contributed by atoms with van der Waals surface area (Å²) in [4.78, 5) is 5.10. The standard InChI is InChI=1S/C81H64N2S2/c1-79(2,3)57-39-47-63(48-40-57)82(61-43-35-55(36-44-61)53-23-11-7-12-24-53)69-51-67-75(73-65-31-19-21-33-71(65)84-77(69)73)76-68(81(67,59-27-15-9-16-28-59)60-29-17-10-18-30-60)52-70(78-74(76)66-32-20-22-34-72(66)85-78)83(64-49-41-58(42-50-64)80(4,5)6)62-45-37-56(38-46-62)54-25-13-8-14-26-54/h7-52H,1-6H3. The number of thiophene rings is 2. The number of hydrogen-bond donors (Lipinski definition) is 0. The van der Waals surface area contributed by atoms with Crippen LogP contribution < -0.4 is 9.80 Å². The minimum absolute atomic E-state index is 0.0170. The number of fused-ring (bicyclic) bond motifs is 11. The van der Waals surface area contributed by atoms with Crippen molar-refractivity contribution in [3.05, 3.63) is 312 Å². The van der Waals surface area contributed by atoms with Gasteiger partial charge in [-0.3, -0.25) is 0 Å². The van der Waals surface area contributed by atoms with E-state index in [1.54, 1.807) is 0 Å². The minimum atomic E-state index is -0.803. The maximum absolute atomic E-state index is 2.61. The number of hydrogen-bond acceptors (Lipinski definition) is 4. The van der Waals surface area contributed by atoms with Crippen molar-refractivity contribution in [3.63, 3.8) is 0 Å². The van der Waals surface area contributed by atoms with Crippen molar-refractivity contribution in [1.29, 1.82) is 0 Å². The Kier molecular flexibility index (Phi) is 12.6. The van der Waals surface area contributed by atoms with Crippen LogP contribution in [-0.4, -0.2) is 0 Å². The zero-order valence-corrected chi connectivity index (χ0v) is 50.4. The van der Waals surface area contributed by atoms with Crippen molar-refractivity contribution in [2.75, 3.05) is 9.80 Å². The molecule has 1 aliphatic carbocycles. The molecule has 2 aromatic heterocycles. The Labute approximate surface area is 507 Å². The lowest BCUT2D eigenvalue weighted by atomic mass is 9.67. The molecule has 0 saturated heterocycles. The van der Waals surface area contributed by atoms with E-state index in [4.69, 9.17) is 0 Å². The molecule has 12 aromatic carbocycles. The van der Waals surface area contributed by atoms with Crippen LogP contribution in [-0.2, 0) is 16.2 Å². The Hall–Kier alpha value is -9.32. The van der Waals surface area contributed by atoms with Crippen LogP contribution in [0.15, 0.2) is 279 Å². The molecule has 4 heteroatoms. The molecule has 0 aliphatic heterocycles. The summed E-state index contributed by atoms with van der Waals surface area (Å²) in [5, 5.41) is 5.11. The molecule has 0 saturated carbocycles. The zero-order chi connectivity index (χ0) is 57.6. The van der Waals surface area contributed by atoms with E-state index >= 15 is 0 Å². The fourth-order valence-electron chi connectivity index (χ4n) is 13.5. The van der Waals surface area contributed by atoms with Gasteiger partial charge in [-0.15, -0.1) is 22.7 Å². The van der Waals surface area contributed by atoms with E-state index in [-0.39, 0.29) is 10.8 Å². The summed E-state index contributed by atoms with van der Waals surface area (Å²) in [6.07, 6.45) is 0. The molecule has 15 rings (SSSR count). The van der Waals surface area contributed by atoms with Crippen molar-refractivity contribution in [2.24, 2.45) is 0 Å². The molecule has 14 aromatic rings. The second-order valence-electron chi connectivity index (χ2n) is 24.8. The third-order valence-electron chi connectivity index (χ3n) is 17.7. The number of rotatable bonds is 10. The monoisotopic (exact) mass is 1130 g/mol. The molecule has 0 fully saturated rings. The molecule has 0 bridgehead atoms. The second kappa shape index (κ2) is 20.5. The summed E-state index contributed by atoms with van der Waals surface area (Å²) in [5.41, 5.74) is 20.8. The van der Waals surface area contributed by atoms with Crippen LogP contribution in [0.25, 0.3) is 73.7 Å². The van der Waals surface area contributed by atoms with Gasteiger partial charge in [-0.25, -0.2) is 0 Å². The first-order valence-electron chi connectivity index (χ1n) is 29.6. The van der Waals surface area contributed by atoms with E-state index in [2.05, 4.69) is 330 Å². The molecule has 0 amide bonds. The van der Waals surface area contributed by atoms with Crippen LogP contribution in [0.5, 0.6) is 0 Å². The van der Waals surface area contributed by atoms with Crippen LogP contribution >= 0.6 is 22.7 Å². The van der Waals surface area contributed by atoms with Crippen LogP contribution in [0.4, 0.5) is 34.1 Å². The molecule has 85 heavy (non-hydrogen) atoms. The molecule has 0 atom stereocenters. The fourth-order valence-corrected chi connectivity index (χ4v) is 15.9. The van der Waals surface area contributed by atoms with E-state index < -0.39 is 5.41 Å². The number of nitrogens with zero attached hydrogens (tertiary/aromatic N) is 2. The van der Waals surface area contributed by atoms with Gasteiger partial charge in [-0.05, 0) is 150 Å². The van der Waals surface area contributed by atoms with Crippen LogP contribution in [0.3, 0.4) is 0 Å². The first-order valence-corrected chi connectivity index (χ1v) is 31.3. The van der Waals surface area contributed by atoms with Gasteiger partial charge in [0.2, 0.25) is 0 Å². The Bertz CT molecular complexity index is 4470. The third-order valence-corrected chi connectivity index (χ3v) is 20.0. The lowest BCUT2D eigenvalue weighted by Crippen LogP contribution is -2.29. The molecular weight excluding hydrogens is 1070 g/mol. The van der Waals surface area contributed by atoms with Gasteiger partial charge in [-0.2, -0.15) is 0 Å². The molecule has 0 N–H and O–H groups in total. The molecule has 2 heterocycles. The topological polar surface area (TPSA) is 6.48 Å². The van der Waals surface area contributed by atoms with Crippen molar-refractivity contribution < 1.29 is 0 Å². The minimum Gasteiger partial charge on any atom is -0.309 e. The summed E-state index contributed by atoms with van der Waals surface area (Å²) >= 11 is 3.83. The maximum Gasteiger partial charge on any atom is 0.0715 e. The van der Waals surface area contributed by atoms with Gasteiger partial charge in [0.15, 0.2) is 0 Å². The molecular formula is C81H64N2S2. The molecule has 410 valence electrons. The molecule has 0 spiro atoms. The first-order chi connectivity index (χ1) is 41.4. The van der Waals surface area contributed by atoms with Gasteiger partial charge in [0.05, 0.1) is 26.2 Å². The lowest BCUT2D eigenvalue weighted by molar-refractivity contribution is 0.590. The van der Waals surface area contributed by atoms with Crippen molar-refractivity contribution in [2.45, 2.75) is 57.8 Å². The zero-order valence-electron chi connectivity index (χ0n) is 48.8. The average Bonchev–Trinajstić information content (AvgIpc) is 1.61. The van der Waals surface area contributed by atoms with Crippen LogP contribution in [0, 0.1) is 0 Å². The maximum atomic E-state index is 2.61. The van der Waals surface area contributed by atoms with E-state index in [0.717, 1.165) is 34.1 Å². The average molecular weight is 1130 g/mol. The first kappa shape index (κ1) is 52.5. The highest BCUT2D eigenvalue weighted by Crippen LogP contribution is 2.65. The van der Waals surface area contributed by atoms with Gasteiger partial charge in [0.1, 0.15) is 0 Å². The lowest BCUT2D eigenvalue weighted by Gasteiger charge is -2.36. The van der Waals surface area contributed by atoms with Gasteiger partial charge >= 0.3 is 0 Å². The molecule has 1 aliphatic rings. The highest BCUT2D eigenvalue weighted by molar-refractivity contribution is 7.27. The smallest absolute Gasteiger partial charge is 0.0715 e. The third kappa shape index (κ3) is 8.72. The van der Waals surface area contributed by atoms with E-state index in [0.29, 0.717) is 0 Å². The largest absolute Gasteiger partial charge is 0.309 e. The summed E-state index contributed by atoms with van der Waals surface area (Å²) < 4.78 is 5.04. The highest BCUT2D eigenvalue weighted by Gasteiger charge is 2.50. The Balaban J connectivity index is 1.09. The van der Waals surface area contributed by atoms with Crippen molar-refractivity contribution in [1.82, 2.24) is 0 Å². The number of anilines is 6. The SMILES string of the molecule is CC(C)(C)c1ccc(N(c2ccc(-c3ccccc3)cc2)c2cc3c(c4c2sc2ccccc24)-c2c(cc(N(c4ccc(-c5ccccc5)cc4)c4ccc(C(C)(C)C)cc4)c4sc5ccccc5c24)C3(c2ccccc2)c2ccccc2)cc1. The predicted octanol–water partition coefficient (Wildman–Crippen LogP) is 23.7. The van der Waals surface area contributed by atoms with Gasteiger partial charge in [0, 0.05) is 53.7 Å². The summed E-state index contributed by atoms with van der Waals surface area (Å²) in [6, 6.07) is 105. The van der Waals surface area contributed by atoms with Crippen LogP contribution in [0.1, 0.15) is 74.9 Å². The van der Waals surface area contributed by atoms with E-state index in [9.17, 15) is 0 Å². The Morgan fingerprint density at radius 1 is 0.306 bits per heavy atom. The Morgan fingerprint density at radius 2 is 0.600 bits per heavy atom. The van der Waals surface area contributed by atoms with Gasteiger partial charge in [-0.1, -0.05) is 248 Å². The normalized spacial score (nSPS) is 12.9. The van der Waals surface area contributed by atoms with Gasteiger partial charge in [0.25, 0.3) is 0 Å². The summed E-state index contributed by atoms with van der Waals surface area (Å²) in [7, 11) is 0. The quantitative estimate of drug-likeness (QED) is 0.135. The van der Waals surface area contributed by atoms with Crippen LogP contribution in [0.2, 0.25) is 0 Å². The fraction of sp³-hybridized carbons (Fsp3) is 0.111. The summed E-state index contributed by atoms with van der Waals surface area (Å²) in [5.74, 6) is 0. The molecule has 2 nitrogen and oxygen atoms in total. The van der Waals surface area contributed by atoms with E-state index in [1.807, 2.05) is 22.7 Å². The van der Waals surface area contributed by atoms with Crippen molar-refractivity contribution >= 4 is 97.1 Å². The second-order valence-corrected chi connectivity index (χ2v) is 26.9. The molecule has 0 unspecified atom stereocenters. The molecule has 0 radical (unpaired) electrons. The van der Waals surface area contributed by atoms with E-state index in [1.165, 1.54) is 107 Å². The Morgan fingerprint density at radius 3 is 0.941 bits per heavy atom. The predicted molar refractivity (Wildman–Crippen MR) is 367 cm³/mol. The highest BCUT2D eigenvalue weighted by atomic mass is 32.1. The van der Waals surface area contributed by atoms with Crippen molar-refractivity contribution in [3.8, 4) is 33.4 Å².